The summed E-state index contributed by atoms with van der Waals surface area (Å²) in [7, 11) is 0. The third-order valence-electron chi connectivity index (χ3n) is 4.99. The summed E-state index contributed by atoms with van der Waals surface area (Å²) in [5.41, 5.74) is 2.23. The van der Waals surface area contributed by atoms with Crippen molar-refractivity contribution in [2.24, 2.45) is 0 Å². The van der Waals surface area contributed by atoms with Gasteiger partial charge in [-0.05, 0) is 48.5 Å². The maximum Gasteiger partial charge on any atom is 0.293 e. The van der Waals surface area contributed by atoms with Crippen molar-refractivity contribution in [3.8, 4) is 0 Å². The predicted octanol–water partition coefficient (Wildman–Crippen LogP) is 3.65. The number of rotatable bonds is 6. The van der Waals surface area contributed by atoms with Crippen LogP contribution in [0, 0.1) is 12.7 Å². The predicted molar refractivity (Wildman–Crippen MR) is 119 cm³/mol. The van der Waals surface area contributed by atoms with E-state index in [-0.39, 0.29) is 18.0 Å². The smallest absolute Gasteiger partial charge is 0.293 e. The first-order chi connectivity index (χ1) is 15.3. The maximum absolute atomic E-state index is 13.0. The number of fused-ring (bicyclic) bond motifs is 1. The van der Waals surface area contributed by atoms with Crippen molar-refractivity contribution in [3.05, 3.63) is 76.1 Å². The zero-order chi connectivity index (χ0) is 22.8. The number of Topliss-reactive ketones (excluding diaryl/α,β-unsaturated/α-hetero) is 1. The Bertz CT molecular complexity index is 1280. The first-order valence-corrected chi connectivity index (χ1v) is 10.6. The molecule has 4 rings (SSSR count). The van der Waals surface area contributed by atoms with Crippen LogP contribution >= 0.6 is 11.8 Å². The number of aryl methyl sites for hydroxylation is 1. The Morgan fingerprint density at radius 1 is 1.12 bits per heavy atom. The molecule has 1 saturated heterocycles. The third-order valence-corrected chi connectivity index (χ3v) is 5.90. The van der Waals surface area contributed by atoms with E-state index in [4.69, 9.17) is 0 Å². The highest BCUT2D eigenvalue weighted by Gasteiger charge is 2.35. The molecule has 2 N–H and O–H groups in total. The lowest BCUT2D eigenvalue weighted by Gasteiger charge is -2.12. The quantitative estimate of drug-likeness (QED) is 0.339. The molecule has 3 amide bonds. The molecule has 0 aliphatic carbocycles. The van der Waals surface area contributed by atoms with E-state index >= 15 is 0 Å². The standard InChI is InChI=1S/C23H18FN3O4S/c1-13-19(16-4-2-3-5-17(16)26-13)20(28)21(29)25-10-11-27-22(30)18(32-23(27)31)12-14-6-8-15(24)9-7-14/h2-9,12,26H,10-11H2,1H3,(H,25,29)/b18-12-. The number of ketones is 1. The third kappa shape index (κ3) is 4.19. The van der Waals surface area contributed by atoms with Crippen molar-refractivity contribution in [2.75, 3.05) is 13.1 Å². The van der Waals surface area contributed by atoms with Crippen LogP contribution in [-0.4, -0.2) is 45.8 Å². The number of carbonyl (C=O) groups is 4. The van der Waals surface area contributed by atoms with E-state index in [0.29, 0.717) is 22.2 Å². The number of aromatic amines is 1. The molecule has 0 atom stereocenters. The van der Waals surface area contributed by atoms with Crippen molar-refractivity contribution >= 4 is 51.6 Å². The average Bonchev–Trinajstić information content (AvgIpc) is 3.24. The lowest BCUT2D eigenvalue weighted by Crippen LogP contribution is -2.39. The maximum atomic E-state index is 13.0. The highest BCUT2D eigenvalue weighted by Crippen LogP contribution is 2.32. The number of hydrogen-bond donors (Lipinski definition) is 2. The van der Waals surface area contributed by atoms with Gasteiger partial charge in [-0.15, -0.1) is 0 Å². The van der Waals surface area contributed by atoms with Gasteiger partial charge in [0.2, 0.25) is 0 Å². The van der Waals surface area contributed by atoms with Gasteiger partial charge in [-0.3, -0.25) is 24.1 Å². The van der Waals surface area contributed by atoms with Crippen LogP contribution < -0.4 is 5.32 Å². The van der Waals surface area contributed by atoms with E-state index in [9.17, 15) is 23.6 Å². The van der Waals surface area contributed by atoms with E-state index in [2.05, 4.69) is 10.3 Å². The van der Waals surface area contributed by atoms with E-state index in [1.54, 1.807) is 19.1 Å². The Hall–Kier alpha value is -3.72. The summed E-state index contributed by atoms with van der Waals surface area (Å²) in [6.45, 7) is 1.58. The number of thioether (sulfide) groups is 1. The number of halogens is 1. The minimum Gasteiger partial charge on any atom is -0.358 e. The molecule has 32 heavy (non-hydrogen) atoms. The molecule has 0 spiro atoms. The highest BCUT2D eigenvalue weighted by molar-refractivity contribution is 8.18. The van der Waals surface area contributed by atoms with Gasteiger partial charge in [-0.2, -0.15) is 0 Å². The largest absolute Gasteiger partial charge is 0.358 e. The molecule has 7 nitrogen and oxygen atoms in total. The second-order valence-electron chi connectivity index (χ2n) is 7.14. The van der Waals surface area contributed by atoms with E-state index in [1.807, 2.05) is 12.1 Å². The summed E-state index contributed by atoms with van der Waals surface area (Å²) in [5.74, 6) is -2.40. The molecule has 3 aromatic rings. The van der Waals surface area contributed by atoms with Crippen molar-refractivity contribution in [1.82, 2.24) is 15.2 Å². The lowest BCUT2D eigenvalue weighted by atomic mass is 10.1. The summed E-state index contributed by atoms with van der Waals surface area (Å²) < 4.78 is 13.0. The van der Waals surface area contributed by atoms with Crippen LogP contribution in [0.3, 0.4) is 0 Å². The van der Waals surface area contributed by atoms with Gasteiger partial charge in [-0.25, -0.2) is 4.39 Å². The Kier molecular flexibility index (Phi) is 5.91. The minimum atomic E-state index is -0.813. The van der Waals surface area contributed by atoms with Crippen LogP contribution in [0.5, 0.6) is 0 Å². The number of H-pyrrole nitrogens is 1. The number of para-hydroxylation sites is 1. The van der Waals surface area contributed by atoms with Crippen molar-refractivity contribution in [3.63, 3.8) is 0 Å². The van der Waals surface area contributed by atoms with Gasteiger partial charge in [0.05, 0.1) is 10.5 Å². The first-order valence-electron chi connectivity index (χ1n) is 9.76. The Labute approximate surface area is 186 Å². The van der Waals surface area contributed by atoms with Gasteiger partial charge < -0.3 is 10.3 Å². The minimum absolute atomic E-state index is 0.0617. The molecule has 2 aromatic carbocycles. The number of nitrogens with one attached hydrogen (secondary N) is 2. The fourth-order valence-corrected chi connectivity index (χ4v) is 4.31. The summed E-state index contributed by atoms with van der Waals surface area (Å²) >= 11 is 0.768. The molecule has 0 radical (unpaired) electrons. The fraction of sp³-hybridized carbons (Fsp3) is 0.130. The molecule has 162 valence electrons. The number of carbonyl (C=O) groups excluding carboxylic acids is 4. The molecule has 1 aliphatic heterocycles. The normalized spacial score (nSPS) is 15.1. The van der Waals surface area contributed by atoms with Gasteiger partial charge >= 0.3 is 0 Å². The van der Waals surface area contributed by atoms with Crippen molar-refractivity contribution in [1.29, 1.82) is 0 Å². The SMILES string of the molecule is Cc1[nH]c2ccccc2c1C(=O)C(=O)NCCN1C(=O)S/C(=C\c2ccc(F)cc2)C1=O. The summed E-state index contributed by atoms with van der Waals surface area (Å²) in [6.07, 6.45) is 1.51. The molecular formula is C23H18FN3O4S. The van der Waals surface area contributed by atoms with E-state index in [0.717, 1.165) is 22.2 Å². The monoisotopic (exact) mass is 451 g/mol. The number of aromatic nitrogens is 1. The van der Waals surface area contributed by atoms with Crippen LogP contribution in [0.25, 0.3) is 17.0 Å². The van der Waals surface area contributed by atoms with Crippen LogP contribution in [0.4, 0.5) is 9.18 Å². The van der Waals surface area contributed by atoms with Crippen LogP contribution in [0.2, 0.25) is 0 Å². The first kappa shape index (κ1) is 21.5. The Morgan fingerprint density at radius 3 is 2.59 bits per heavy atom. The van der Waals surface area contributed by atoms with Gasteiger partial charge in [0.1, 0.15) is 5.82 Å². The van der Waals surface area contributed by atoms with Crippen LogP contribution in [0.1, 0.15) is 21.6 Å². The van der Waals surface area contributed by atoms with Gasteiger partial charge in [-0.1, -0.05) is 30.3 Å². The lowest BCUT2D eigenvalue weighted by molar-refractivity contribution is -0.123. The number of amides is 3. The highest BCUT2D eigenvalue weighted by atomic mass is 32.2. The molecule has 0 unspecified atom stereocenters. The zero-order valence-corrected chi connectivity index (χ0v) is 17.8. The van der Waals surface area contributed by atoms with Crippen molar-refractivity contribution < 1.29 is 23.6 Å². The molecule has 1 aromatic heterocycles. The van der Waals surface area contributed by atoms with Crippen molar-refractivity contribution in [2.45, 2.75) is 6.92 Å². The molecular weight excluding hydrogens is 433 g/mol. The summed E-state index contributed by atoms with van der Waals surface area (Å²) in [5, 5.41) is 2.66. The van der Waals surface area contributed by atoms with Gasteiger partial charge in [0.15, 0.2) is 0 Å². The topological polar surface area (TPSA) is 99.3 Å². The molecule has 9 heteroatoms. The van der Waals surface area contributed by atoms with E-state index in [1.165, 1.54) is 30.3 Å². The summed E-state index contributed by atoms with van der Waals surface area (Å²) in [4.78, 5) is 54.1. The molecule has 1 fully saturated rings. The van der Waals surface area contributed by atoms with Gasteiger partial charge in [0.25, 0.3) is 22.8 Å². The molecule has 2 heterocycles. The Morgan fingerprint density at radius 2 is 1.84 bits per heavy atom. The molecule has 1 aliphatic rings. The zero-order valence-electron chi connectivity index (χ0n) is 17.0. The van der Waals surface area contributed by atoms with Crippen LogP contribution in [0.15, 0.2) is 53.4 Å². The number of hydrogen-bond acceptors (Lipinski definition) is 5. The second-order valence-corrected chi connectivity index (χ2v) is 8.13. The molecule has 0 bridgehead atoms. The van der Waals surface area contributed by atoms with Crippen LogP contribution in [-0.2, 0) is 9.59 Å². The summed E-state index contributed by atoms with van der Waals surface area (Å²) in [6, 6.07) is 12.7. The average molecular weight is 451 g/mol. The van der Waals surface area contributed by atoms with Gasteiger partial charge in [0, 0.05) is 29.7 Å². The Balaban J connectivity index is 1.38. The second kappa shape index (κ2) is 8.80. The number of nitrogens with zero attached hydrogens (tertiary/aromatic N) is 1. The number of benzene rings is 2. The number of imide groups is 1. The molecule has 0 saturated carbocycles. The van der Waals surface area contributed by atoms with E-state index < -0.39 is 28.7 Å². The fourth-order valence-electron chi connectivity index (χ4n) is 3.45.